The number of rotatable bonds is 6. The molecule has 0 fully saturated rings. The maximum atomic E-state index is 11.8. The number of nitrogens with zero attached hydrogens (tertiary/aromatic N) is 2. The van der Waals surface area contributed by atoms with E-state index in [9.17, 15) is 30.0 Å². The van der Waals surface area contributed by atoms with Crippen molar-refractivity contribution in [3.8, 4) is 23.0 Å². The molecule has 0 spiro atoms. The van der Waals surface area contributed by atoms with E-state index in [2.05, 4.69) is 21.1 Å². The van der Waals surface area contributed by atoms with Crippen molar-refractivity contribution >= 4 is 70.6 Å². The van der Waals surface area contributed by atoms with Gasteiger partial charge in [0.1, 0.15) is 11.5 Å². The van der Waals surface area contributed by atoms with Gasteiger partial charge in [0.25, 0.3) is 11.8 Å². The third kappa shape index (κ3) is 10.1. The minimum atomic E-state index is -0.607. The summed E-state index contributed by atoms with van der Waals surface area (Å²) in [5.74, 6) is -2.43. The summed E-state index contributed by atoms with van der Waals surface area (Å²) < 4.78 is 0. The number of carbonyl (C=O) groups excluding carboxylic acids is 2. The molecule has 43 heavy (non-hydrogen) atoms. The molecule has 0 saturated heterocycles. The molecule has 216 valence electrons. The van der Waals surface area contributed by atoms with Gasteiger partial charge in [-0.05, 0) is 59.7 Å². The molecule has 0 aliphatic rings. The Balaban J connectivity index is 0.000000293. The Bertz CT molecular complexity index is 1560. The number of phenols is 2. The SMILES string of the molecule is O=C(N/N=C\c1cc(Cl)cc(Cl)c1[O-])c1ccccc1O.O=C(N/N=C\c1cc(Cl)cc(Cl)c1[O-])c1ccccc1O.[Zn+2]. The van der Waals surface area contributed by atoms with Crippen molar-refractivity contribution in [2.45, 2.75) is 0 Å². The number of nitrogens with one attached hydrogen (secondary N) is 2. The van der Waals surface area contributed by atoms with Gasteiger partial charge in [0, 0.05) is 20.1 Å². The van der Waals surface area contributed by atoms with Crippen LogP contribution in [0.3, 0.4) is 0 Å². The van der Waals surface area contributed by atoms with Crippen LogP contribution in [0.2, 0.25) is 20.1 Å². The number of halogens is 4. The van der Waals surface area contributed by atoms with E-state index in [4.69, 9.17) is 46.4 Å². The molecular formula is C28H18Cl4N4O6Zn. The summed E-state index contributed by atoms with van der Waals surface area (Å²) in [5.41, 5.74) is 4.83. The summed E-state index contributed by atoms with van der Waals surface area (Å²) in [7, 11) is 0. The number of phenolic OH excluding ortho intramolecular Hbond substituents is 2. The smallest absolute Gasteiger partial charge is 0.871 e. The van der Waals surface area contributed by atoms with E-state index in [1.54, 1.807) is 24.3 Å². The Morgan fingerprint density at radius 2 is 1.00 bits per heavy atom. The number of amides is 2. The number of para-hydroxylation sites is 2. The fraction of sp³-hybridized carbons (Fsp3) is 0. The Morgan fingerprint density at radius 1 is 0.651 bits per heavy atom. The van der Waals surface area contributed by atoms with E-state index < -0.39 is 23.3 Å². The van der Waals surface area contributed by atoms with Crippen molar-refractivity contribution in [1.82, 2.24) is 10.9 Å². The first-order valence-corrected chi connectivity index (χ1v) is 13.0. The molecule has 4 N–H and O–H groups in total. The molecule has 2 amide bonds. The second-order valence-electron chi connectivity index (χ2n) is 8.04. The Labute approximate surface area is 277 Å². The molecule has 0 unspecified atom stereocenters. The van der Waals surface area contributed by atoms with Crippen LogP contribution in [-0.4, -0.2) is 34.5 Å². The second kappa shape index (κ2) is 16.7. The van der Waals surface area contributed by atoms with Gasteiger partial charge in [0.2, 0.25) is 0 Å². The fourth-order valence-electron chi connectivity index (χ4n) is 3.12. The molecule has 0 aliphatic heterocycles. The third-order valence-corrected chi connectivity index (χ3v) is 6.11. The predicted molar refractivity (Wildman–Crippen MR) is 158 cm³/mol. The van der Waals surface area contributed by atoms with Gasteiger partial charge >= 0.3 is 19.5 Å². The molecule has 0 aliphatic carbocycles. The van der Waals surface area contributed by atoms with Gasteiger partial charge in [-0.3, -0.25) is 9.59 Å². The molecule has 4 aromatic carbocycles. The zero-order valence-electron chi connectivity index (χ0n) is 21.7. The first-order valence-electron chi connectivity index (χ1n) is 11.5. The molecule has 0 radical (unpaired) electrons. The maximum Gasteiger partial charge on any atom is 2.00 e. The van der Waals surface area contributed by atoms with Crippen LogP contribution in [-0.2, 0) is 19.5 Å². The number of hydrogen-bond acceptors (Lipinski definition) is 8. The topological polar surface area (TPSA) is 169 Å². The van der Waals surface area contributed by atoms with Crippen LogP contribution in [0, 0.1) is 0 Å². The van der Waals surface area contributed by atoms with Gasteiger partial charge < -0.3 is 20.4 Å². The van der Waals surface area contributed by atoms with Crippen LogP contribution in [0.15, 0.2) is 83.0 Å². The van der Waals surface area contributed by atoms with Crippen molar-refractivity contribution in [3.63, 3.8) is 0 Å². The minimum absolute atomic E-state index is 0. The van der Waals surface area contributed by atoms with E-state index in [0.29, 0.717) is 0 Å². The van der Waals surface area contributed by atoms with Crippen LogP contribution in [0.5, 0.6) is 23.0 Å². The summed E-state index contributed by atoms with van der Waals surface area (Å²) in [5, 5.41) is 50.2. The minimum Gasteiger partial charge on any atom is -0.871 e. The van der Waals surface area contributed by atoms with E-state index in [1.165, 1.54) is 48.5 Å². The number of aromatic hydroxyl groups is 2. The van der Waals surface area contributed by atoms with E-state index in [-0.39, 0.29) is 73.3 Å². The first kappa shape index (κ1) is 35.3. The first-order chi connectivity index (χ1) is 20.0. The monoisotopic (exact) mass is 710 g/mol. The maximum absolute atomic E-state index is 11.8. The number of carbonyl (C=O) groups is 2. The van der Waals surface area contributed by atoms with Crippen molar-refractivity contribution in [2.75, 3.05) is 0 Å². The molecule has 15 heteroatoms. The van der Waals surface area contributed by atoms with Gasteiger partial charge in [0.05, 0.1) is 23.6 Å². The van der Waals surface area contributed by atoms with Gasteiger partial charge in [-0.15, -0.1) is 0 Å². The van der Waals surface area contributed by atoms with Crippen LogP contribution < -0.4 is 21.1 Å². The zero-order valence-corrected chi connectivity index (χ0v) is 27.7. The Morgan fingerprint density at radius 3 is 1.35 bits per heavy atom. The zero-order chi connectivity index (χ0) is 30.8. The van der Waals surface area contributed by atoms with Crippen LogP contribution in [0.25, 0.3) is 0 Å². The van der Waals surface area contributed by atoms with Crippen molar-refractivity contribution in [1.29, 1.82) is 0 Å². The third-order valence-electron chi connectivity index (χ3n) is 5.11. The van der Waals surface area contributed by atoms with E-state index >= 15 is 0 Å². The van der Waals surface area contributed by atoms with Crippen molar-refractivity contribution < 1.29 is 49.5 Å². The summed E-state index contributed by atoms with van der Waals surface area (Å²) in [4.78, 5) is 23.5. The number of benzene rings is 4. The second-order valence-corrected chi connectivity index (χ2v) is 9.73. The van der Waals surface area contributed by atoms with Gasteiger partial charge in [0.15, 0.2) is 0 Å². The summed E-state index contributed by atoms with van der Waals surface area (Å²) in [6.07, 6.45) is 2.27. The average Bonchev–Trinajstić information content (AvgIpc) is 2.94. The Hall–Kier alpha value is -3.86. The molecular weight excluding hydrogens is 696 g/mol. The summed E-state index contributed by atoms with van der Waals surface area (Å²) in [6.45, 7) is 0. The van der Waals surface area contributed by atoms with Gasteiger partial charge in [-0.25, -0.2) is 10.9 Å². The predicted octanol–water partition coefficient (Wildman–Crippen LogP) is 5.07. The fourth-order valence-corrected chi connectivity index (χ4v) is 4.14. The normalized spacial score (nSPS) is 10.5. The number of hydrazone groups is 2. The van der Waals surface area contributed by atoms with Crippen LogP contribution in [0.1, 0.15) is 31.8 Å². The van der Waals surface area contributed by atoms with Crippen LogP contribution >= 0.6 is 46.4 Å². The van der Waals surface area contributed by atoms with Gasteiger partial charge in [-0.1, -0.05) is 82.2 Å². The number of hydrogen-bond donors (Lipinski definition) is 4. The van der Waals surface area contributed by atoms with Gasteiger partial charge in [-0.2, -0.15) is 10.2 Å². The van der Waals surface area contributed by atoms with E-state index in [0.717, 1.165) is 12.4 Å². The molecule has 4 aromatic rings. The summed E-state index contributed by atoms with van der Waals surface area (Å²) in [6, 6.07) is 17.4. The molecule has 0 aromatic heterocycles. The molecule has 0 heterocycles. The standard InChI is InChI=1S/2C14H10Cl2N2O3.Zn/c2*15-9-5-8(13(20)11(16)6-9)7-17-18-14(21)10-3-1-2-4-12(10)19;/h2*1-7,19-20H,(H,18,21);/q;;+2/p-2/b2*17-7-;. The van der Waals surface area contributed by atoms with Crippen molar-refractivity contribution in [3.05, 3.63) is 115 Å². The quantitative estimate of drug-likeness (QED) is 0.124. The summed E-state index contributed by atoms with van der Waals surface area (Å²) >= 11 is 22.9. The average molecular weight is 714 g/mol. The Kier molecular flexibility index (Phi) is 13.7. The van der Waals surface area contributed by atoms with Crippen molar-refractivity contribution in [2.24, 2.45) is 10.2 Å². The molecule has 0 atom stereocenters. The molecule has 0 saturated carbocycles. The molecule has 4 rings (SSSR count). The van der Waals surface area contributed by atoms with E-state index in [1.807, 2.05) is 0 Å². The molecule has 10 nitrogen and oxygen atoms in total. The van der Waals surface area contributed by atoms with Crippen LogP contribution in [0.4, 0.5) is 0 Å². The molecule has 0 bridgehead atoms. The largest absolute Gasteiger partial charge is 2.00 e.